The number of benzene rings is 1. The topological polar surface area (TPSA) is 67.8 Å². The summed E-state index contributed by atoms with van der Waals surface area (Å²) in [6.45, 7) is 8.31. The fraction of sp³-hybridized carbons (Fsp3) is 0.524. The SMILES string of the molecule is CCOc1cc2c(cc1CNC(=NC)NCCc1ncc(CC)s1)OC(C)C2. The number of guanidine groups is 1. The first-order chi connectivity index (χ1) is 13.6. The molecule has 0 radical (unpaired) electrons. The monoisotopic (exact) mass is 402 g/mol. The van der Waals surface area contributed by atoms with Gasteiger partial charge in [0.15, 0.2) is 5.96 Å². The Hall–Kier alpha value is -2.28. The second kappa shape index (κ2) is 9.78. The number of nitrogens with zero attached hydrogens (tertiary/aromatic N) is 2. The lowest BCUT2D eigenvalue weighted by Gasteiger charge is -2.15. The highest BCUT2D eigenvalue weighted by atomic mass is 32.1. The molecule has 2 aromatic rings. The summed E-state index contributed by atoms with van der Waals surface area (Å²) in [6, 6.07) is 4.20. The van der Waals surface area contributed by atoms with E-state index in [1.165, 1.54) is 10.4 Å². The molecule has 0 saturated heterocycles. The third-order valence-corrected chi connectivity index (χ3v) is 5.83. The first-order valence-corrected chi connectivity index (χ1v) is 10.8. The lowest BCUT2D eigenvalue weighted by atomic mass is 10.1. The Labute approximate surface area is 171 Å². The molecular formula is C21H30N4O2S. The number of nitrogens with one attached hydrogen (secondary N) is 2. The predicted molar refractivity (Wildman–Crippen MR) is 115 cm³/mol. The van der Waals surface area contributed by atoms with E-state index in [4.69, 9.17) is 9.47 Å². The smallest absolute Gasteiger partial charge is 0.191 e. The minimum absolute atomic E-state index is 0.223. The van der Waals surface area contributed by atoms with E-state index < -0.39 is 0 Å². The number of thiazole rings is 1. The van der Waals surface area contributed by atoms with Crippen molar-refractivity contribution < 1.29 is 9.47 Å². The summed E-state index contributed by atoms with van der Waals surface area (Å²) in [5.41, 5.74) is 2.29. The first kappa shape index (κ1) is 20.5. The summed E-state index contributed by atoms with van der Waals surface area (Å²) in [4.78, 5) is 10.1. The highest BCUT2D eigenvalue weighted by Gasteiger charge is 2.21. The van der Waals surface area contributed by atoms with Crippen LogP contribution in [-0.2, 0) is 25.8 Å². The van der Waals surface area contributed by atoms with E-state index in [2.05, 4.69) is 46.6 Å². The molecule has 152 valence electrons. The van der Waals surface area contributed by atoms with E-state index in [0.717, 1.165) is 53.8 Å². The molecule has 1 aromatic carbocycles. The maximum Gasteiger partial charge on any atom is 0.191 e. The molecule has 0 bridgehead atoms. The van der Waals surface area contributed by atoms with Crippen molar-refractivity contribution in [2.75, 3.05) is 20.2 Å². The molecule has 3 rings (SSSR count). The summed E-state index contributed by atoms with van der Waals surface area (Å²) in [5.74, 6) is 2.65. The minimum Gasteiger partial charge on any atom is -0.494 e. The van der Waals surface area contributed by atoms with Crippen LogP contribution in [0.25, 0.3) is 0 Å². The number of aliphatic imine (C=N–C) groups is 1. The molecule has 1 unspecified atom stereocenters. The molecule has 0 fully saturated rings. The highest BCUT2D eigenvalue weighted by molar-refractivity contribution is 7.11. The van der Waals surface area contributed by atoms with Crippen LogP contribution >= 0.6 is 11.3 Å². The van der Waals surface area contributed by atoms with Crippen molar-refractivity contribution in [1.29, 1.82) is 0 Å². The van der Waals surface area contributed by atoms with Crippen molar-refractivity contribution in [3.05, 3.63) is 39.3 Å². The molecule has 0 spiro atoms. The zero-order valence-electron chi connectivity index (χ0n) is 17.2. The van der Waals surface area contributed by atoms with Crippen molar-refractivity contribution in [3.63, 3.8) is 0 Å². The van der Waals surface area contributed by atoms with Gasteiger partial charge in [0, 0.05) is 55.2 Å². The lowest BCUT2D eigenvalue weighted by Crippen LogP contribution is -2.37. The quantitative estimate of drug-likeness (QED) is 0.524. The molecule has 2 N–H and O–H groups in total. The number of ether oxygens (including phenoxy) is 2. The second-order valence-corrected chi connectivity index (χ2v) is 8.01. The molecule has 6 nitrogen and oxygen atoms in total. The fourth-order valence-corrected chi connectivity index (χ4v) is 4.09. The molecule has 0 aliphatic carbocycles. The van der Waals surface area contributed by atoms with E-state index in [1.807, 2.05) is 13.1 Å². The molecule has 28 heavy (non-hydrogen) atoms. The molecule has 1 aliphatic rings. The highest BCUT2D eigenvalue weighted by Crippen LogP contribution is 2.35. The molecule has 1 aliphatic heterocycles. The molecule has 1 atom stereocenters. The Morgan fingerprint density at radius 2 is 2.21 bits per heavy atom. The Bertz CT molecular complexity index is 819. The predicted octanol–water partition coefficient (Wildman–Crippen LogP) is 3.34. The second-order valence-electron chi connectivity index (χ2n) is 6.81. The van der Waals surface area contributed by atoms with Gasteiger partial charge in [-0.15, -0.1) is 11.3 Å². The van der Waals surface area contributed by atoms with Crippen molar-refractivity contribution >= 4 is 17.3 Å². The van der Waals surface area contributed by atoms with Gasteiger partial charge in [-0.1, -0.05) is 6.92 Å². The Kier molecular flexibility index (Phi) is 7.14. The molecule has 0 amide bonds. The first-order valence-electron chi connectivity index (χ1n) is 9.96. The number of aromatic nitrogens is 1. The van der Waals surface area contributed by atoms with E-state index in [9.17, 15) is 0 Å². The normalized spacial score (nSPS) is 15.9. The van der Waals surface area contributed by atoms with Crippen LogP contribution in [0.4, 0.5) is 0 Å². The Balaban J connectivity index is 1.56. The van der Waals surface area contributed by atoms with Gasteiger partial charge in [0.25, 0.3) is 0 Å². The molecular weight excluding hydrogens is 372 g/mol. The van der Waals surface area contributed by atoms with Crippen LogP contribution in [0.1, 0.15) is 41.8 Å². The Morgan fingerprint density at radius 1 is 1.36 bits per heavy atom. The van der Waals surface area contributed by atoms with Crippen LogP contribution in [0.3, 0.4) is 0 Å². The van der Waals surface area contributed by atoms with Gasteiger partial charge < -0.3 is 20.1 Å². The number of fused-ring (bicyclic) bond motifs is 1. The maximum absolute atomic E-state index is 5.90. The van der Waals surface area contributed by atoms with Gasteiger partial charge in [-0.05, 0) is 32.4 Å². The molecule has 0 saturated carbocycles. The van der Waals surface area contributed by atoms with Gasteiger partial charge in [-0.3, -0.25) is 4.99 Å². The van der Waals surface area contributed by atoms with E-state index in [-0.39, 0.29) is 6.10 Å². The summed E-state index contributed by atoms with van der Waals surface area (Å²) in [6.07, 6.45) is 5.06. The molecule has 1 aromatic heterocycles. The van der Waals surface area contributed by atoms with Gasteiger partial charge in [-0.25, -0.2) is 4.98 Å². The third-order valence-electron chi connectivity index (χ3n) is 4.63. The summed E-state index contributed by atoms with van der Waals surface area (Å²) >= 11 is 1.78. The minimum atomic E-state index is 0.223. The average molecular weight is 403 g/mol. The standard InChI is InChI=1S/C21H30N4O2S/c1-5-17-13-24-20(28-17)7-8-23-21(22-4)25-12-16-11-19-15(9-14(3)27-19)10-18(16)26-6-2/h10-11,13-14H,5-9,12H2,1-4H3,(H2,22,23,25). The van der Waals surface area contributed by atoms with Crippen LogP contribution in [0.5, 0.6) is 11.5 Å². The van der Waals surface area contributed by atoms with Crippen molar-refractivity contribution in [1.82, 2.24) is 15.6 Å². The van der Waals surface area contributed by atoms with E-state index in [0.29, 0.717) is 13.2 Å². The summed E-state index contributed by atoms with van der Waals surface area (Å²) in [5, 5.41) is 7.89. The van der Waals surface area contributed by atoms with Crippen molar-refractivity contribution in [2.45, 2.75) is 52.7 Å². The van der Waals surface area contributed by atoms with Crippen LogP contribution in [0, 0.1) is 0 Å². The number of aryl methyl sites for hydroxylation is 1. The zero-order valence-corrected chi connectivity index (χ0v) is 18.0. The molecule has 2 heterocycles. The van der Waals surface area contributed by atoms with Crippen LogP contribution in [0.15, 0.2) is 23.3 Å². The van der Waals surface area contributed by atoms with Crippen LogP contribution in [-0.4, -0.2) is 37.2 Å². The molecule has 7 heteroatoms. The van der Waals surface area contributed by atoms with Gasteiger partial charge in [0.2, 0.25) is 0 Å². The summed E-state index contributed by atoms with van der Waals surface area (Å²) in [7, 11) is 1.78. The van der Waals surface area contributed by atoms with Crippen molar-refractivity contribution in [3.8, 4) is 11.5 Å². The van der Waals surface area contributed by atoms with Crippen LogP contribution < -0.4 is 20.1 Å². The average Bonchev–Trinajstić information content (AvgIpc) is 3.29. The largest absolute Gasteiger partial charge is 0.494 e. The zero-order chi connectivity index (χ0) is 19.9. The van der Waals surface area contributed by atoms with Gasteiger partial charge in [0.05, 0.1) is 11.6 Å². The van der Waals surface area contributed by atoms with E-state index in [1.54, 1.807) is 18.4 Å². The van der Waals surface area contributed by atoms with Gasteiger partial charge >= 0.3 is 0 Å². The number of hydrogen-bond donors (Lipinski definition) is 2. The third kappa shape index (κ3) is 5.16. The van der Waals surface area contributed by atoms with E-state index >= 15 is 0 Å². The van der Waals surface area contributed by atoms with Gasteiger partial charge in [-0.2, -0.15) is 0 Å². The van der Waals surface area contributed by atoms with Crippen molar-refractivity contribution in [2.24, 2.45) is 4.99 Å². The van der Waals surface area contributed by atoms with Crippen LogP contribution in [0.2, 0.25) is 0 Å². The summed E-state index contributed by atoms with van der Waals surface area (Å²) < 4.78 is 11.8. The van der Waals surface area contributed by atoms with Gasteiger partial charge in [0.1, 0.15) is 17.6 Å². The lowest BCUT2D eigenvalue weighted by molar-refractivity contribution is 0.254. The Morgan fingerprint density at radius 3 is 2.93 bits per heavy atom. The maximum atomic E-state index is 5.90. The number of hydrogen-bond acceptors (Lipinski definition) is 5. The number of rotatable bonds is 8. The fourth-order valence-electron chi connectivity index (χ4n) is 3.22.